The second-order valence-electron chi connectivity index (χ2n) is 10.4. The van der Waals surface area contributed by atoms with Crippen LogP contribution in [0.1, 0.15) is 48.7 Å². The third kappa shape index (κ3) is 4.05. The number of carbonyl (C=O) groups is 1. The molecule has 2 N–H and O–H groups in total. The summed E-state index contributed by atoms with van der Waals surface area (Å²) in [6.07, 6.45) is 1.87. The second kappa shape index (κ2) is 8.78. The second-order valence-corrected chi connectivity index (χ2v) is 10.4. The molecule has 1 aliphatic heterocycles. The Bertz CT molecular complexity index is 1460. The van der Waals surface area contributed by atoms with Crippen molar-refractivity contribution in [1.82, 2.24) is 19.7 Å². The number of rotatable bonds is 3. The third-order valence-corrected chi connectivity index (χ3v) is 6.62. The normalized spacial score (nSPS) is 13.8. The van der Waals surface area contributed by atoms with Crippen LogP contribution in [0.5, 0.6) is 0 Å². The molecule has 36 heavy (non-hydrogen) atoms. The maximum atomic E-state index is 15.9. The maximum absolute atomic E-state index is 15.9. The highest BCUT2D eigenvalue weighted by Crippen LogP contribution is 2.40. The summed E-state index contributed by atoms with van der Waals surface area (Å²) in [7, 11) is 0. The van der Waals surface area contributed by atoms with Crippen LogP contribution in [0, 0.1) is 19.7 Å². The van der Waals surface area contributed by atoms with Crippen molar-refractivity contribution < 1.29 is 19.0 Å². The molecule has 0 saturated carbocycles. The van der Waals surface area contributed by atoms with Crippen molar-refractivity contribution in [3.63, 3.8) is 0 Å². The molecule has 8 heteroatoms. The number of hydrogen-bond donors (Lipinski definition) is 2. The zero-order valence-corrected chi connectivity index (χ0v) is 21.3. The van der Waals surface area contributed by atoms with E-state index in [9.17, 15) is 9.90 Å². The van der Waals surface area contributed by atoms with Crippen molar-refractivity contribution in [3.05, 3.63) is 70.3 Å². The summed E-state index contributed by atoms with van der Waals surface area (Å²) in [6, 6.07) is 9.20. The molecule has 0 spiro atoms. The Morgan fingerprint density at radius 3 is 2.61 bits per heavy atom. The topological polar surface area (TPSA) is 83.4 Å². The van der Waals surface area contributed by atoms with Gasteiger partial charge in [-0.15, -0.1) is 0 Å². The van der Waals surface area contributed by atoms with Gasteiger partial charge in [-0.2, -0.15) is 5.10 Å². The summed E-state index contributed by atoms with van der Waals surface area (Å²) in [5, 5.41) is 15.5. The van der Waals surface area contributed by atoms with E-state index in [0.29, 0.717) is 40.7 Å². The molecule has 0 atom stereocenters. The van der Waals surface area contributed by atoms with Gasteiger partial charge in [0.05, 0.1) is 35.7 Å². The van der Waals surface area contributed by atoms with Gasteiger partial charge >= 0.3 is 6.09 Å². The lowest BCUT2D eigenvalue weighted by molar-refractivity contribution is 0.0224. The van der Waals surface area contributed by atoms with Crippen molar-refractivity contribution in [2.24, 2.45) is 0 Å². The van der Waals surface area contributed by atoms with Gasteiger partial charge in [0.25, 0.3) is 0 Å². The molecular formula is C28H31FN4O3. The highest BCUT2D eigenvalue weighted by Gasteiger charge is 2.33. The molecule has 2 aromatic carbocycles. The lowest BCUT2D eigenvalue weighted by Gasteiger charge is -2.30. The Morgan fingerprint density at radius 2 is 1.94 bits per heavy atom. The van der Waals surface area contributed by atoms with Crippen LogP contribution < -0.4 is 0 Å². The zero-order valence-electron chi connectivity index (χ0n) is 21.3. The molecule has 0 unspecified atom stereocenters. The van der Waals surface area contributed by atoms with Gasteiger partial charge in [0.1, 0.15) is 11.4 Å². The predicted octanol–water partition coefficient (Wildman–Crippen LogP) is 5.56. The van der Waals surface area contributed by atoms with E-state index in [1.165, 1.54) is 6.07 Å². The molecule has 188 valence electrons. The molecular weight excluding hydrogens is 459 g/mol. The number of nitrogens with one attached hydrogen (secondary N) is 1. The maximum Gasteiger partial charge on any atom is 0.410 e. The first-order valence-corrected chi connectivity index (χ1v) is 12.1. The summed E-state index contributed by atoms with van der Waals surface area (Å²) < 4.78 is 23.3. The minimum atomic E-state index is -0.619. The summed E-state index contributed by atoms with van der Waals surface area (Å²) in [4.78, 5) is 17.7. The largest absolute Gasteiger partial charge is 0.444 e. The highest BCUT2D eigenvalue weighted by atomic mass is 19.1. The molecule has 1 amide bonds. The minimum Gasteiger partial charge on any atom is -0.444 e. The van der Waals surface area contributed by atoms with E-state index < -0.39 is 17.5 Å². The van der Waals surface area contributed by atoms with Gasteiger partial charge in [-0.3, -0.25) is 0 Å². The number of aryl methyl sites for hydroxylation is 2. The average Bonchev–Trinajstić information content (AvgIpc) is 3.42. The number of H-pyrrole nitrogens is 1. The molecule has 5 rings (SSSR count). The summed E-state index contributed by atoms with van der Waals surface area (Å²) in [5.74, 6) is -0.448. The molecule has 3 heterocycles. The molecule has 0 fully saturated rings. The van der Waals surface area contributed by atoms with Crippen LogP contribution in [0.3, 0.4) is 0 Å². The fraction of sp³-hybridized carbons (Fsp3) is 0.357. The van der Waals surface area contributed by atoms with Crippen LogP contribution in [0.15, 0.2) is 36.5 Å². The van der Waals surface area contributed by atoms with E-state index in [1.807, 2.05) is 63.6 Å². The number of carbonyl (C=O) groups excluding carboxylic acids is 1. The standard InChI is InChI=1S/C28H31FN4O3/c1-16-7-6-8-17(2)25(16)33-26(23-19-9-11-30-24(19)18(15-34)13-21(23)29)20-14-32(12-10-22(20)31-33)27(35)36-28(3,4)5/h6-9,11,13,30,34H,10,12,14-15H2,1-5H3. The number of hydrogen-bond acceptors (Lipinski definition) is 4. The van der Waals surface area contributed by atoms with E-state index in [1.54, 1.807) is 11.1 Å². The molecule has 0 bridgehead atoms. The van der Waals surface area contributed by atoms with Crippen LogP contribution in [0.2, 0.25) is 0 Å². The van der Waals surface area contributed by atoms with Crippen molar-refractivity contribution in [3.8, 4) is 16.9 Å². The Balaban J connectivity index is 1.77. The van der Waals surface area contributed by atoms with Crippen molar-refractivity contribution in [2.75, 3.05) is 6.54 Å². The first-order chi connectivity index (χ1) is 17.1. The van der Waals surface area contributed by atoms with Gasteiger partial charge in [-0.25, -0.2) is 13.9 Å². The smallest absolute Gasteiger partial charge is 0.410 e. The van der Waals surface area contributed by atoms with Crippen molar-refractivity contribution in [2.45, 2.75) is 59.8 Å². The number of aliphatic hydroxyl groups excluding tert-OH is 1. The van der Waals surface area contributed by atoms with Crippen molar-refractivity contribution in [1.29, 1.82) is 0 Å². The lowest BCUT2D eigenvalue weighted by atomic mass is 9.96. The number of benzene rings is 2. The number of para-hydroxylation sites is 1. The van der Waals surface area contributed by atoms with Gasteiger partial charge in [0.15, 0.2) is 0 Å². The third-order valence-electron chi connectivity index (χ3n) is 6.62. The van der Waals surface area contributed by atoms with Gasteiger partial charge in [-0.05, 0) is 57.9 Å². The molecule has 7 nitrogen and oxygen atoms in total. The Morgan fingerprint density at radius 1 is 1.22 bits per heavy atom. The van der Waals surface area contributed by atoms with Gasteiger partial charge in [0.2, 0.25) is 0 Å². The van der Waals surface area contributed by atoms with E-state index in [4.69, 9.17) is 9.84 Å². The number of halogens is 1. The predicted molar refractivity (Wildman–Crippen MR) is 137 cm³/mol. The number of nitrogens with zero attached hydrogens (tertiary/aromatic N) is 3. The number of ether oxygens (including phenoxy) is 1. The number of aromatic amines is 1. The molecule has 0 aliphatic carbocycles. The van der Waals surface area contributed by atoms with E-state index in [-0.39, 0.29) is 13.2 Å². The van der Waals surface area contributed by atoms with E-state index in [0.717, 1.165) is 28.1 Å². The summed E-state index contributed by atoms with van der Waals surface area (Å²) in [6.45, 7) is 9.99. The van der Waals surface area contributed by atoms with Gasteiger partial charge in [0, 0.05) is 41.2 Å². The van der Waals surface area contributed by atoms with E-state index >= 15 is 4.39 Å². The summed E-state index contributed by atoms with van der Waals surface area (Å²) in [5.41, 5.74) is 6.10. The first-order valence-electron chi connectivity index (χ1n) is 12.1. The van der Waals surface area contributed by atoms with Crippen LogP contribution >= 0.6 is 0 Å². The lowest BCUT2D eigenvalue weighted by Crippen LogP contribution is -2.39. The fourth-order valence-corrected chi connectivity index (χ4v) is 5.05. The minimum absolute atomic E-state index is 0.262. The number of aromatic nitrogens is 3. The quantitative estimate of drug-likeness (QED) is 0.394. The molecule has 2 aromatic heterocycles. The SMILES string of the molecule is Cc1cccc(C)c1-n1nc2c(c1-c1c(F)cc(CO)c3[nH]ccc13)CN(C(=O)OC(C)(C)C)CC2. The zero-order chi connectivity index (χ0) is 25.8. The average molecular weight is 491 g/mol. The molecule has 0 radical (unpaired) electrons. The fourth-order valence-electron chi connectivity index (χ4n) is 5.05. The van der Waals surface area contributed by atoms with Gasteiger partial charge in [-0.1, -0.05) is 18.2 Å². The van der Waals surface area contributed by atoms with Crippen LogP contribution in [0.4, 0.5) is 9.18 Å². The highest BCUT2D eigenvalue weighted by molar-refractivity contribution is 5.97. The van der Waals surface area contributed by atoms with Crippen LogP contribution in [-0.4, -0.2) is 43.0 Å². The monoisotopic (exact) mass is 490 g/mol. The number of amides is 1. The molecule has 4 aromatic rings. The molecule has 0 saturated heterocycles. The summed E-state index contributed by atoms with van der Waals surface area (Å²) >= 11 is 0. The molecule has 1 aliphatic rings. The van der Waals surface area contributed by atoms with Crippen LogP contribution in [-0.2, 0) is 24.3 Å². The van der Waals surface area contributed by atoms with Gasteiger partial charge < -0.3 is 19.7 Å². The van der Waals surface area contributed by atoms with Crippen LogP contribution in [0.25, 0.3) is 27.8 Å². The number of aliphatic hydroxyl groups is 1. The Hall–Kier alpha value is -3.65. The Kier molecular flexibility index (Phi) is 5.87. The first kappa shape index (κ1) is 24.1. The van der Waals surface area contributed by atoms with Crippen molar-refractivity contribution >= 4 is 17.0 Å². The Labute approximate surface area is 209 Å². The van der Waals surface area contributed by atoms with E-state index in [2.05, 4.69) is 4.98 Å². The number of fused-ring (bicyclic) bond motifs is 2.